The summed E-state index contributed by atoms with van der Waals surface area (Å²) in [4.78, 5) is 11.8. The van der Waals surface area contributed by atoms with Crippen molar-refractivity contribution in [1.29, 1.82) is 0 Å². The Morgan fingerprint density at radius 1 is 1.40 bits per heavy atom. The molecule has 0 saturated heterocycles. The minimum atomic E-state index is -4.59. The van der Waals surface area contributed by atoms with Gasteiger partial charge in [-0.05, 0) is 18.2 Å². The molecule has 20 heavy (non-hydrogen) atoms. The Hall–Kier alpha value is -2.51. The van der Waals surface area contributed by atoms with E-state index in [0.29, 0.717) is 5.56 Å². The van der Waals surface area contributed by atoms with E-state index >= 15 is 0 Å². The number of anilines is 1. The van der Waals surface area contributed by atoms with E-state index < -0.39 is 23.3 Å². The number of alkyl halides is 3. The van der Waals surface area contributed by atoms with E-state index in [0.717, 1.165) is 12.1 Å². The minimum Gasteiger partial charge on any atom is -0.398 e. The first-order chi connectivity index (χ1) is 9.38. The molecule has 0 spiro atoms. The number of aromatic amines is 1. The van der Waals surface area contributed by atoms with E-state index in [2.05, 4.69) is 15.5 Å². The SMILES string of the molecule is Nc1ccc(C(=O)NCc2cn[nH]c2)cc1C(F)(F)F. The summed E-state index contributed by atoms with van der Waals surface area (Å²) in [7, 11) is 0. The molecule has 0 bridgehead atoms. The molecule has 0 aliphatic rings. The van der Waals surface area contributed by atoms with Crippen LogP contribution in [-0.4, -0.2) is 16.1 Å². The molecule has 0 saturated carbocycles. The fourth-order valence-electron chi connectivity index (χ4n) is 1.60. The average Bonchev–Trinajstić information content (AvgIpc) is 2.88. The number of amides is 1. The molecule has 106 valence electrons. The van der Waals surface area contributed by atoms with Gasteiger partial charge in [0.2, 0.25) is 0 Å². The van der Waals surface area contributed by atoms with Crippen LogP contribution in [0.1, 0.15) is 21.5 Å². The molecule has 0 aliphatic heterocycles. The number of carbonyl (C=O) groups is 1. The van der Waals surface area contributed by atoms with Gasteiger partial charge in [-0.3, -0.25) is 9.89 Å². The van der Waals surface area contributed by atoms with Gasteiger partial charge in [0.25, 0.3) is 5.91 Å². The van der Waals surface area contributed by atoms with Gasteiger partial charge in [-0.1, -0.05) is 0 Å². The lowest BCUT2D eigenvalue weighted by Crippen LogP contribution is -2.23. The maximum Gasteiger partial charge on any atom is 0.418 e. The second-order valence-electron chi connectivity index (χ2n) is 4.09. The molecule has 1 amide bonds. The molecule has 1 aromatic heterocycles. The van der Waals surface area contributed by atoms with Gasteiger partial charge in [-0.25, -0.2) is 0 Å². The van der Waals surface area contributed by atoms with E-state index in [1.165, 1.54) is 12.3 Å². The number of rotatable bonds is 3. The van der Waals surface area contributed by atoms with Gasteiger partial charge in [0.15, 0.2) is 0 Å². The zero-order valence-corrected chi connectivity index (χ0v) is 10.2. The number of halogens is 3. The molecular weight excluding hydrogens is 273 g/mol. The van der Waals surface area contributed by atoms with Crippen LogP contribution < -0.4 is 11.1 Å². The number of hydrogen-bond donors (Lipinski definition) is 3. The van der Waals surface area contributed by atoms with Crippen LogP contribution in [0.4, 0.5) is 18.9 Å². The van der Waals surface area contributed by atoms with E-state index in [9.17, 15) is 18.0 Å². The highest BCUT2D eigenvalue weighted by atomic mass is 19.4. The van der Waals surface area contributed by atoms with Crippen LogP contribution in [0.25, 0.3) is 0 Å². The lowest BCUT2D eigenvalue weighted by atomic mass is 10.1. The Morgan fingerprint density at radius 3 is 2.75 bits per heavy atom. The Bertz CT molecular complexity index is 608. The van der Waals surface area contributed by atoms with Crippen molar-refractivity contribution >= 4 is 11.6 Å². The first kappa shape index (κ1) is 13.9. The fraction of sp³-hybridized carbons (Fsp3) is 0.167. The average molecular weight is 284 g/mol. The number of nitrogens with zero attached hydrogens (tertiary/aromatic N) is 1. The van der Waals surface area contributed by atoms with Crippen molar-refractivity contribution in [2.45, 2.75) is 12.7 Å². The van der Waals surface area contributed by atoms with Crippen molar-refractivity contribution in [2.75, 3.05) is 5.73 Å². The van der Waals surface area contributed by atoms with Crippen LogP contribution in [0.2, 0.25) is 0 Å². The van der Waals surface area contributed by atoms with Crippen LogP contribution in [-0.2, 0) is 12.7 Å². The summed E-state index contributed by atoms with van der Waals surface area (Å²) in [6, 6.07) is 3.05. The van der Waals surface area contributed by atoms with Gasteiger partial charge in [0, 0.05) is 29.6 Å². The van der Waals surface area contributed by atoms with Crippen LogP contribution in [0.5, 0.6) is 0 Å². The molecule has 1 aromatic carbocycles. The zero-order chi connectivity index (χ0) is 14.8. The van der Waals surface area contributed by atoms with Crippen molar-refractivity contribution in [3.05, 3.63) is 47.3 Å². The normalized spacial score (nSPS) is 11.3. The lowest BCUT2D eigenvalue weighted by molar-refractivity contribution is -0.136. The quantitative estimate of drug-likeness (QED) is 0.753. The maximum atomic E-state index is 12.7. The highest BCUT2D eigenvalue weighted by Crippen LogP contribution is 2.33. The topological polar surface area (TPSA) is 83.8 Å². The summed E-state index contributed by atoms with van der Waals surface area (Å²) >= 11 is 0. The molecule has 0 aliphatic carbocycles. The van der Waals surface area contributed by atoms with E-state index in [4.69, 9.17) is 5.73 Å². The summed E-state index contributed by atoms with van der Waals surface area (Å²) in [5.41, 5.74) is 4.44. The molecule has 0 unspecified atom stereocenters. The summed E-state index contributed by atoms with van der Waals surface area (Å²) in [6.07, 6.45) is -1.51. The van der Waals surface area contributed by atoms with Crippen LogP contribution in [0.3, 0.4) is 0 Å². The third kappa shape index (κ3) is 3.08. The maximum absolute atomic E-state index is 12.7. The van der Waals surface area contributed by atoms with Crippen LogP contribution in [0, 0.1) is 0 Å². The summed E-state index contributed by atoms with van der Waals surface area (Å²) in [6.45, 7) is 0.168. The second-order valence-corrected chi connectivity index (χ2v) is 4.09. The summed E-state index contributed by atoms with van der Waals surface area (Å²) < 4.78 is 38.0. The molecule has 2 aromatic rings. The van der Waals surface area contributed by atoms with E-state index in [1.807, 2.05) is 0 Å². The summed E-state index contributed by atoms with van der Waals surface area (Å²) in [5, 5.41) is 8.74. The predicted octanol–water partition coefficient (Wildman–Crippen LogP) is 1.94. The molecule has 0 atom stereocenters. The number of aromatic nitrogens is 2. The van der Waals surface area contributed by atoms with Crippen molar-refractivity contribution in [1.82, 2.24) is 15.5 Å². The highest BCUT2D eigenvalue weighted by molar-refractivity contribution is 5.94. The lowest BCUT2D eigenvalue weighted by Gasteiger charge is -2.11. The highest BCUT2D eigenvalue weighted by Gasteiger charge is 2.33. The van der Waals surface area contributed by atoms with E-state index in [1.54, 1.807) is 6.20 Å². The molecular formula is C12H11F3N4O. The number of nitrogens with one attached hydrogen (secondary N) is 2. The Labute approximate surface area is 112 Å². The second kappa shape index (κ2) is 5.24. The van der Waals surface area contributed by atoms with Crippen molar-refractivity contribution in [2.24, 2.45) is 0 Å². The van der Waals surface area contributed by atoms with Crippen LogP contribution in [0.15, 0.2) is 30.6 Å². The molecule has 0 fully saturated rings. The first-order valence-electron chi connectivity index (χ1n) is 5.60. The van der Waals surface area contributed by atoms with Gasteiger partial charge in [-0.2, -0.15) is 18.3 Å². The third-order valence-electron chi connectivity index (χ3n) is 2.63. The number of hydrogen-bond acceptors (Lipinski definition) is 3. The molecule has 4 N–H and O–H groups in total. The Morgan fingerprint density at radius 2 is 2.15 bits per heavy atom. The van der Waals surface area contributed by atoms with Crippen molar-refractivity contribution < 1.29 is 18.0 Å². The summed E-state index contributed by atoms with van der Waals surface area (Å²) in [5.74, 6) is -0.614. The first-order valence-corrected chi connectivity index (χ1v) is 5.60. The van der Waals surface area contributed by atoms with Crippen molar-refractivity contribution in [3.63, 3.8) is 0 Å². The number of benzene rings is 1. The molecule has 5 nitrogen and oxygen atoms in total. The minimum absolute atomic E-state index is 0.102. The zero-order valence-electron chi connectivity index (χ0n) is 10.2. The Kier molecular flexibility index (Phi) is 3.64. The van der Waals surface area contributed by atoms with Crippen molar-refractivity contribution in [3.8, 4) is 0 Å². The number of carbonyl (C=O) groups excluding carboxylic acids is 1. The van der Waals surface area contributed by atoms with Crippen LogP contribution >= 0.6 is 0 Å². The molecule has 0 radical (unpaired) electrons. The standard InChI is InChI=1S/C12H11F3N4O/c13-12(14,15)9-3-8(1-2-10(9)16)11(20)17-4-7-5-18-19-6-7/h1-3,5-6H,4,16H2,(H,17,20)(H,18,19). The number of nitrogen functional groups attached to an aromatic ring is 1. The smallest absolute Gasteiger partial charge is 0.398 e. The van der Waals surface area contributed by atoms with Gasteiger partial charge in [0.1, 0.15) is 0 Å². The third-order valence-corrected chi connectivity index (χ3v) is 2.63. The number of nitrogens with two attached hydrogens (primary N) is 1. The monoisotopic (exact) mass is 284 g/mol. The predicted molar refractivity (Wildman–Crippen MR) is 65.6 cm³/mol. The largest absolute Gasteiger partial charge is 0.418 e. The fourth-order valence-corrected chi connectivity index (χ4v) is 1.60. The van der Waals surface area contributed by atoms with Gasteiger partial charge in [0.05, 0.1) is 11.8 Å². The number of H-pyrrole nitrogens is 1. The molecule has 1 heterocycles. The Balaban J connectivity index is 2.14. The van der Waals surface area contributed by atoms with Gasteiger partial charge < -0.3 is 11.1 Å². The van der Waals surface area contributed by atoms with Gasteiger partial charge in [-0.15, -0.1) is 0 Å². The van der Waals surface area contributed by atoms with Gasteiger partial charge >= 0.3 is 6.18 Å². The van der Waals surface area contributed by atoms with E-state index in [-0.39, 0.29) is 12.1 Å². The molecule has 8 heteroatoms. The molecule has 2 rings (SSSR count).